The second-order valence-corrected chi connectivity index (χ2v) is 6.30. The van der Waals surface area contributed by atoms with Crippen LogP contribution in [-0.2, 0) is 6.42 Å². The maximum atomic E-state index is 4.73. The Labute approximate surface area is 121 Å². The maximum Gasteiger partial charge on any atom is 0.106 e. The molecular weight excluding hydrogens is 246 g/mol. The van der Waals surface area contributed by atoms with Gasteiger partial charge >= 0.3 is 0 Å². The number of rotatable bonds is 3. The topological polar surface area (TPSA) is 29.9 Å². The van der Waals surface area contributed by atoms with Crippen molar-refractivity contribution >= 4 is 11.0 Å². The lowest BCUT2D eigenvalue weighted by atomic mass is 9.97. The molecule has 1 aliphatic rings. The predicted molar refractivity (Wildman–Crippen MR) is 84.2 cm³/mol. The molecule has 1 aromatic carbocycles. The molecule has 2 aromatic rings. The van der Waals surface area contributed by atoms with Gasteiger partial charge in [-0.1, -0.05) is 12.5 Å². The number of hydrogen-bond donors (Lipinski definition) is 1. The molecule has 1 atom stereocenters. The van der Waals surface area contributed by atoms with Gasteiger partial charge in [0, 0.05) is 12.1 Å². The SMILES string of the molecule is Cc1nc2cc(CC3CCCCN3)ccc2n1C(C)C. The zero-order valence-corrected chi connectivity index (χ0v) is 12.8. The first-order valence-electron chi connectivity index (χ1n) is 7.86. The van der Waals surface area contributed by atoms with E-state index in [9.17, 15) is 0 Å². The molecule has 1 N–H and O–H groups in total. The zero-order valence-electron chi connectivity index (χ0n) is 12.8. The zero-order chi connectivity index (χ0) is 14.1. The molecule has 3 nitrogen and oxygen atoms in total. The Morgan fingerprint density at radius 1 is 1.35 bits per heavy atom. The Hall–Kier alpha value is -1.35. The van der Waals surface area contributed by atoms with E-state index in [1.165, 1.54) is 36.9 Å². The van der Waals surface area contributed by atoms with Crippen LogP contribution in [0.25, 0.3) is 11.0 Å². The summed E-state index contributed by atoms with van der Waals surface area (Å²) in [6.45, 7) is 7.71. The first-order valence-corrected chi connectivity index (χ1v) is 7.86. The lowest BCUT2D eigenvalue weighted by Crippen LogP contribution is -2.35. The van der Waals surface area contributed by atoms with E-state index in [-0.39, 0.29) is 0 Å². The van der Waals surface area contributed by atoms with E-state index in [1.807, 2.05) is 0 Å². The van der Waals surface area contributed by atoms with Crippen molar-refractivity contribution in [2.45, 2.75) is 58.5 Å². The minimum Gasteiger partial charge on any atom is -0.326 e. The summed E-state index contributed by atoms with van der Waals surface area (Å²) in [5, 5.41) is 3.62. The van der Waals surface area contributed by atoms with Crippen molar-refractivity contribution in [3.63, 3.8) is 0 Å². The Bertz CT molecular complexity index is 592. The van der Waals surface area contributed by atoms with Crippen LogP contribution in [0.15, 0.2) is 18.2 Å². The van der Waals surface area contributed by atoms with Gasteiger partial charge in [0.15, 0.2) is 0 Å². The number of imidazole rings is 1. The molecule has 0 bridgehead atoms. The van der Waals surface area contributed by atoms with Crippen molar-refractivity contribution in [1.29, 1.82) is 0 Å². The van der Waals surface area contributed by atoms with E-state index in [0.717, 1.165) is 17.8 Å². The highest BCUT2D eigenvalue weighted by Crippen LogP contribution is 2.23. The fraction of sp³-hybridized carbons (Fsp3) is 0.588. The third-order valence-electron chi connectivity index (χ3n) is 4.34. The summed E-state index contributed by atoms with van der Waals surface area (Å²) in [5.41, 5.74) is 3.81. The lowest BCUT2D eigenvalue weighted by molar-refractivity contribution is 0.399. The number of piperidine rings is 1. The Morgan fingerprint density at radius 3 is 2.90 bits per heavy atom. The molecule has 3 rings (SSSR count). The van der Waals surface area contributed by atoms with Crippen LogP contribution in [-0.4, -0.2) is 22.1 Å². The van der Waals surface area contributed by atoms with E-state index in [0.29, 0.717) is 12.1 Å². The monoisotopic (exact) mass is 271 g/mol. The van der Waals surface area contributed by atoms with Crippen LogP contribution < -0.4 is 5.32 Å². The number of nitrogens with zero attached hydrogens (tertiary/aromatic N) is 2. The molecule has 0 spiro atoms. The molecule has 108 valence electrons. The van der Waals surface area contributed by atoms with Gasteiger partial charge in [-0.25, -0.2) is 4.98 Å². The normalized spacial score (nSPS) is 19.9. The second kappa shape index (κ2) is 5.57. The molecule has 20 heavy (non-hydrogen) atoms. The number of aromatic nitrogens is 2. The molecule has 1 fully saturated rings. The van der Waals surface area contributed by atoms with Crippen molar-refractivity contribution in [2.75, 3.05) is 6.54 Å². The first kappa shape index (κ1) is 13.6. The number of fused-ring (bicyclic) bond motifs is 1. The summed E-state index contributed by atoms with van der Waals surface area (Å²) in [5.74, 6) is 1.11. The van der Waals surface area contributed by atoms with Crippen LogP contribution in [0.1, 0.15) is 50.5 Å². The largest absolute Gasteiger partial charge is 0.326 e. The minimum absolute atomic E-state index is 0.464. The van der Waals surface area contributed by atoms with Crippen LogP contribution >= 0.6 is 0 Å². The van der Waals surface area contributed by atoms with Crippen molar-refractivity contribution < 1.29 is 0 Å². The van der Waals surface area contributed by atoms with E-state index in [1.54, 1.807) is 0 Å². The average molecular weight is 271 g/mol. The third kappa shape index (κ3) is 2.59. The predicted octanol–water partition coefficient (Wildman–Crippen LogP) is 3.61. The van der Waals surface area contributed by atoms with Gasteiger partial charge in [-0.3, -0.25) is 0 Å². The highest BCUT2D eigenvalue weighted by molar-refractivity contribution is 5.77. The van der Waals surface area contributed by atoms with Crippen LogP contribution in [0.2, 0.25) is 0 Å². The average Bonchev–Trinajstić information content (AvgIpc) is 2.75. The minimum atomic E-state index is 0.464. The van der Waals surface area contributed by atoms with Crippen molar-refractivity contribution in [3.05, 3.63) is 29.6 Å². The molecule has 2 heterocycles. The molecule has 0 radical (unpaired) electrons. The van der Waals surface area contributed by atoms with Crippen molar-refractivity contribution in [2.24, 2.45) is 0 Å². The molecule has 3 heteroatoms. The molecule has 1 aliphatic heterocycles. The summed E-state index contributed by atoms with van der Waals surface area (Å²) >= 11 is 0. The van der Waals surface area contributed by atoms with Gasteiger partial charge in [-0.15, -0.1) is 0 Å². The number of nitrogens with one attached hydrogen (secondary N) is 1. The molecule has 0 aliphatic carbocycles. The van der Waals surface area contributed by atoms with Gasteiger partial charge in [0.05, 0.1) is 11.0 Å². The molecule has 1 saturated heterocycles. The molecule has 1 unspecified atom stereocenters. The van der Waals surface area contributed by atoms with Gasteiger partial charge in [-0.05, 0) is 64.3 Å². The number of aryl methyl sites for hydroxylation is 1. The van der Waals surface area contributed by atoms with Crippen LogP contribution in [0.5, 0.6) is 0 Å². The molecule has 0 amide bonds. The van der Waals surface area contributed by atoms with Gasteiger partial charge in [0.2, 0.25) is 0 Å². The number of hydrogen-bond acceptors (Lipinski definition) is 2. The van der Waals surface area contributed by atoms with Gasteiger partial charge in [0.25, 0.3) is 0 Å². The summed E-state index contributed by atoms with van der Waals surface area (Å²) in [6, 6.07) is 7.91. The summed E-state index contributed by atoms with van der Waals surface area (Å²) in [7, 11) is 0. The van der Waals surface area contributed by atoms with Crippen molar-refractivity contribution in [3.8, 4) is 0 Å². The van der Waals surface area contributed by atoms with E-state index in [2.05, 4.69) is 48.9 Å². The molecular formula is C17H25N3. The fourth-order valence-corrected chi connectivity index (χ4v) is 3.43. The van der Waals surface area contributed by atoms with E-state index in [4.69, 9.17) is 4.98 Å². The Balaban J connectivity index is 1.87. The summed E-state index contributed by atoms with van der Waals surface area (Å²) in [4.78, 5) is 4.73. The van der Waals surface area contributed by atoms with Gasteiger partial charge < -0.3 is 9.88 Å². The van der Waals surface area contributed by atoms with Crippen LogP contribution in [0, 0.1) is 6.92 Å². The summed E-state index contributed by atoms with van der Waals surface area (Å²) < 4.78 is 2.32. The first-order chi connectivity index (χ1) is 9.65. The standard InChI is InChI=1S/C17H25N3/c1-12(2)20-13(3)19-16-11-14(7-8-17(16)20)10-15-6-4-5-9-18-15/h7-8,11-12,15,18H,4-6,9-10H2,1-3H3. The summed E-state index contributed by atoms with van der Waals surface area (Å²) in [6.07, 6.45) is 5.12. The Kier molecular flexibility index (Phi) is 3.79. The number of benzene rings is 1. The second-order valence-electron chi connectivity index (χ2n) is 6.30. The quantitative estimate of drug-likeness (QED) is 0.924. The van der Waals surface area contributed by atoms with Crippen molar-refractivity contribution in [1.82, 2.24) is 14.9 Å². The fourth-order valence-electron chi connectivity index (χ4n) is 3.43. The van der Waals surface area contributed by atoms with Crippen LogP contribution in [0.4, 0.5) is 0 Å². The smallest absolute Gasteiger partial charge is 0.106 e. The van der Waals surface area contributed by atoms with E-state index < -0.39 is 0 Å². The van der Waals surface area contributed by atoms with Gasteiger partial charge in [0.1, 0.15) is 5.82 Å². The third-order valence-corrected chi connectivity index (χ3v) is 4.34. The lowest BCUT2D eigenvalue weighted by Gasteiger charge is -2.23. The Morgan fingerprint density at radius 2 is 2.20 bits per heavy atom. The molecule has 0 saturated carbocycles. The van der Waals surface area contributed by atoms with Crippen LogP contribution in [0.3, 0.4) is 0 Å². The highest BCUT2D eigenvalue weighted by Gasteiger charge is 2.15. The maximum absolute atomic E-state index is 4.73. The highest BCUT2D eigenvalue weighted by atomic mass is 15.1. The molecule has 1 aromatic heterocycles. The van der Waals surface area contributed by atoms with Gasteiger partial charge in [-0.2, -0.15) is 0 Å². The van der Waals surface area contributed by atoms with E-state index >= 15 is 0 Å².